The zero-order valence-corrected chi connectivity index (χ0v) is 8.97. The predicted octanol–water partition coefficient (Wildman–Crippen LogP) is 1.56. The third kappa shape index (κ3) is 2.34. The average molecular weight is 210 g/mol. The van der Waals surface area contributed by atoms with Gasteiger partial charge < -0.3 is 10.5 Å². The number of nitrogens with zero attached hydrogens (tertiary/aromatic N) is 1. The molecule has 0 atom stereocenters. The Bertz CT molecular complexity index is 497. The highest BCUT2D eigenvalue weighted by Gasteiger charge is 2.01. The van der Waals surface area contributed by atoms with Gasteiger partial charge in [-0.25, -0.2) is 0 Å². The van der Waals surface area contributed by atoms with Gasteiger partial charge in [-0.05, 0) is 48.4 Å². The Kier molecular flexibility index (Phi) is 2.81. The van der Waals surface area contributed by atoms with Gasteiger partial charge in [-0.15, -0.1) is 0 Å². The fourth-order valence-corrected chi connectivity index (χ4v) is 1.37. The summed E-state index contributed by atoms with van der Waals surface area (Å²) < 4.78 is 5.65. The van der Waals surface area contributed by atoms with Gasteiger partial charge in [-0.1, -0.05) is 0 Å². The fourth-order valence-electron chi connectivity index (χ4n) is 1.37. The minimum atomic E-state index is 0.473. The van der Waals surface area contributed by atoms with Crippen LogP contribution in [0.4, 0.5) is 5.69 Å². The van der Waals surface area contributed by atoms with Gasteiger partial charge in [-0.2, -0.15) is 0 Å². The molecule has 16 heavy (non-hydrogen) atoms. The molecule has 1 aromatic carbocycles. The number of pyridine rings is 1. The van der Waals surface area contributed by atoms with Gasteiger partial charge in [0.25, 0.3) is 0 Å². The molecule has 78 valence electrons. The molecule has 0 aliphatic rings. The highest BCUT2D eigenvalue weighted by molar-refractivity contribution is 6.30. The van der Waals surface area contributed by atoms with E-state index in [9.17, 15) is 0 Å². The molecule has 1 heterocycles. The molecule has 4 heteroatoms. The number of benzene rings is 1. The SMILES string of the molecule is [B]c1ccc(Oc2ccc(N)cc2C)cn1. The molecular formula is C12H11BN2O. The van der Waals surface area contributed by atoms with E-state index < -0.39 is 0 Å². The first-order chi connectivity index (χ1) is 7.65. The monoisotopic (exact) mass is 210 g/mol. The van der Waals surface area contributed by atoms with E-state index in [0.717, 1.165) is 17.0 Å². The fraction of sp³-hybridized carbons (Fsp3) is 0.0833. The highest BCUT2D eigenvalue weighted by atomic mass is 16.5. The van der Waals surface area contributed by atoms with Crippen LogP contribution in [0.15, 0.2) is 36.5 Å². The van der Waals surface area contributed by atoms with Crippen molar-refractivity contribution < 1.29 is 4.74 Å². The van der Waals surface area contributed by atoms with Gasteiger partial charge in [0.15, 0.2) is 0 Å². The second kappa shape index (κ2) is 4.27. The third-order valence-corrected chi connectivity index (χ3v) is 2.19. The Morgan fingerprint density at radius 1 is 1.25 bits per heavy atom. The number of rotatable bonds is 2. The molecule has 2 radical (unpaired) electrons. The molecule has 0 aliphatic heterocycles. The van der Waals surface area contributed by atoms with Crippen LogP contribution in [0.5, 0.6) is 11.5 Å². The topological polar surface area (TPSA) is 48.1 Å². The Morgan fingerprint density at radius 3 is 2.69 bits per heavy atom. The van der Waals surface area contributed by atoms with E-state index in [1.54, 1.807) is 24.4 Å². The lowest BCUT2D eigenvalue weighted by Gasteiger charge is -2.08. The maximum atomic E-state index is 5.66. The molecule has 2 aromatic rings. The number of hydrogen-bond acceptors (Lipinski definition) is 3. The Morgan fingerprint density at radius 2 is 2.06 bits per heavy atom. The van der Waals surface area contributed by atoms with Crippen molar-refractivity contribution in [1.82, 2.24) is 4.98 Å². The van der Waals surface area contributed by atoms with Gasteiger partial charge >= 0.3 is 0 Å². The molecule has 0 fully saturated rings. The quantitative estimate of drug-likeness (QED) is 0.604. The van der Waals surface area contributed by atoms with E-state index in [4.69, 9.17) is 18.3 Å². The normalized spacial score (nSPS) is 10.1. The molecule has 0 saturated carbocycles. The summed E-state index contributed by atoms with van der Waals surface area (Å²) in [4.78, 5) is 3.95. The number of nitrogens with two attached hydrogens (primary N) is 1. The van der Waals surface area contributed by atoms with Gasteiger partial charge in [0.05, 0.1) is 6.20 Å². The number of hydrogen-bond donors (Lipinski definition) is 1. The minimum absolute atomic E-state index is 0.473. The van der Waals surface area contributed by atoms with E-state index in [1.165, 1.54) is 0 Å². The van der Waals surface area contributed by atoms with Crippen LogP contribution >= 0.6 is 0 Å². The van der Waals surface area contributed by atoms with Crippen molar-refractivity contribution in [2.45, 2.75) is 6.92 Å². The van der Waals surface area contributed by atoms with Crippen LogP contribution in [0.2, 0.25) is 0 Å². The van der Waals surface area contributed by atoms with Crippen LogP contribution < -0.4 is 16.1 Å². The molecule has 2 rings (SSSR count). The van der Waals surface area contributed by atoms with Crippen molar-refractivity contribution in [3.05, 3.63) is 42.1 Å². The van der Waals surface area contributed by atoms with Crippen molar-refractivity contribution in [3.8, 4) is 11.5 Å². The summed E-state index contributed by atoms with van der Waals surface area (Å²) in [5.74, 6) is 1.42. The van der Waals surface area contributed by atoms with Gasteiger partial charge in [0.2, 0.25) is 0 Å². The summed E-state index contributed by atoms with van der Waals surface area (Å²) in [6, 6.07) is 8.97. The molecule has 0 aliphatic carbocycles. The van der Waals surface area contributed by atoms with E-state index >= 15 is 0 Å². The Labute approximate surface area is 95.7 Å². The van der Waals surface area contributed by atoms with Gasteiger partial charge in [0, 0.05) is 5.69 Å². The summed E-state index contributed by atoms with van der Waals surface area (Å²) in [5.41, 5.74) is 7.84. The standard InChI is InChI=1S/C12H11BN2O/c1-8-6-9(14)2-4-11(8)16-10-3-5-12(13)15-7-10/h2-7H,14H2,1H3. The van der Waals surface area contributed by atoms with Crippen LogP contribution in [-0.4, -0.2) is 12.8 Å². The first-order valence-electron chi connectivity index (χ1n) is 4.90. The van der Waals surface area contributed by atoms with E-state index in [1.807, 2.05) is 19.1 Å². The molecular weight excluding hydrogens is 199 g/mol. The van der Waals surface area contributed by atoms with Crippen LogP contribution in [0.25, 0.3) is 0 Å². The smallest absolute Gasteiger partial charge is 0.145 e. The molecule has 0 unspecified atom stereocenters. The summed E-state index contributed by atoms with van der Waals surface area (Å²) in [5, 5.41) is 0. The second-order valence-corrected chi connectivity index (χ2v) is 3.55. The summed E-state index contributed by atoms with van der Waals surface area (Å²) in [6.45, 7) is 1.94. The molecule has 2 N–H and O–H groups in total. The minimum Gasteiger partial charge on any atom is -0.455 e. The number of anilines is 1. The molecule has 0 saturated heterocycles. The van der Waals surface area contributed by atoms with Gasteiger partial charge in [-0.3, -0.25) is 4.98 Å². The first-order valence-corrected chi connectivity index (χ1v) is 4.90. The lowest BCUT2D eigenvalue weighted by Crippen LogP contribution is -2.05. The first kappa shape index (κ1) is 10.5. The van der Waals surface area contributed by atoms with Crippen molar-refractivity contribution in [2.24, 2.45) is 0 Å². The van der Waals surface area contributed by atoms with Crippen molar-refractivity contribution in [2.75, 3.05) is 5.73 Å². The number of aryl methyl sites for hydroxylation is 1. The maximum absolute atomic E-state index is 5.66. The molecule has 0 amide bonds. The highest BCUT2D eigenvalue weighted by Crippen LogP contribution is 2.25. The van der Waals surface area contributed by atoms with E-state index in [-0.39, 0.29) is 0 Å². The van der Waals surface area contributed by atoms with Crippen molar-refractivity contribution in [1.29, 1.82) is 0 Å². The van der Waals surface area contributed by atoms with Crippen LogP contribution in [-0.2, 0) is 0 Å². The predicted molar refractivity (Wildman–Crippen MR) is 65.3 cm³/mol. The summed E-state index contributed by atoms with van der Waals surface area (Å²) >= 11 is 0. The van der Waals surface area contributed by atoms with Crippen molar-refractivity contribution >= 4 is 19.1 Å². The lowest BCUT2D eigenvalue weighted by molar-refractivity contribution is 0.477. The number of nitrogen functional groups attached to an aromatic ring is 1. The summed E-state index contributed by atoms with van der Waals surface area (Å²) in [7, 11) is 5.49. The lowest BCUT2D eigenvalue weighted by atomic mass is 10.0. The molecule has 3 nitrogen and oxygen atoms in total. The Hall–Kier alpha value is -1.97. The van der Waals surface area contributed by atoms with Crippen LogP contribution in [0.3, 0.4) is 0 Å². The second-order valence-electron chi connectivity index (χ2n) is 3.55. The summed E-state index contributed by atoms with van der Waals surface area (Å²) in [6.07, 6.45) is 1.59. The number of aromatic nitrogens is 1. The zero-order chi connectivity index (χ0) is 11.5. The molecule has 0 spiro atoms. The largest absolute Gasteiger partial charge is 0.455 e. The Balaban J connectivity index is 2.23. The van der Waals surface area contributed by atoms with Crippen LogP contribution in [0.1, 0.15) is 5.56 Å². The van der Waals surface area contributed by atoms with Crippen LogP contribution in [0, 0.1) is 6.92 Å². The zero-order valence-electron chi connectivity index (χ0n) is 8.97. The molecule has 0 bridgehead atoms. The third-order valence-electron chi connectivity index (χ3n) is 2.19. The van der Waals surface area contributed by atoms with E-state index in [2.05, 4.69) is 4.98 Å². The van der Waals surface area contributed by atoms with Gasteiger partial charge in [0.1, 0.15) is 19.3 Å². The average Bonchev–Trinajstić information content (AvgIpc) is 2.25. The number of ether oxygens (including phenoxy) is 1. The molecule has 1 aromatic heterocycles. The van der Waals surface area contributed by atoms with E-state index in [0.29, 0.717) is 11.3 Å². The van der Waals surface area contributed by atoms with Crippen molar-refractivity contribution in [3.63, 3.8) is 0 Å². The maximum Gasteiger partial charge on any atom is 0.145 e.